The Morgan fingerprint density at radius 2 is 2.46 bits per heavy atom. The summed E-state index contributed by atoms with van der Waals surface area (Å²) in [5.41, 5.74) is 8.15. The van der Waals surface area contributed by atoms with Crippen LogP contribution in [0.2, 0.25) is 0 Å². The number of hydrogen-bond donors (Lipinski definition) is 2. The largest absolute Gasteiger partial charge is 0.348 e. The third kappa shape index (κ3) is 3.40. The maximum absolute atomic E-state index is 5.88. The molecule has 1 heterocycles. The smallest absolute Gasteiger partial charge is 0.0925 e. The first-order valence-corrected chi connectivity index (χ1v) is 5.65. The van der Waals surface area contributed by atoms with E-state index in [1.54, 1.807) is 18.1 Å². The van der Waals surface area contributed by atoms with Crippen molar-refractivity contribution in [2.45, 2.75) is 37.8 Å². The molecule has 0 radical (unpaired) electrons. The van der Waals surface area contributed by atoms with Crippen LogP contribution in [-0.4, -0.2) is 15.3 Å². The van der Waals surface area contributed by atoms with Crippen molar-refractivity contribution in [3.63, 3.8) is 0 Å². The summed E-state index contributed by atoms with van der Waals surface area (Å²) in [6.07, 6.45) is 3.96. The predicted octanol–water partition coefficient (Wildman–Crippen LogP) is 2.04. The molecule has 0 saturated carbocycles. The van der Waals surface area contributed by atoms with Gasteiger partial charge in [0, 0.05) is 11.4 Å². The van der Waals surface area contributed by atoms with Gasteiger partial charge in [-0.2, -0.15) is 0 Å². The Balaban J connectivity index is 2.30. The average Bonchev–Trinajstić information content (AvgIpc) is 2.48. The van der Waals surface area contributed by atoms with Crippen LogP contribution in [-0.2, 0) is 5.75 Å². The van der Waals surface area contributed by atoms with E-state index in [1.807, 2.05) is 6.92 Å². The number of H-pyrrole nitrogens is 1. The van der Waals surface area contributed by atoms with E-state index >= 15 is 0 Å². The molecule has 4 heteroatoms. The fourth-order valence-electron chi connectivity index (χ4n) is 1.09. The number of thioether (sulfide) groups is 1. The summed E-state index contributed by atoms with van der Waals surface area (Å²) >= 11 is 1.77. The lowest BCUT2D eigenvalue weighted by molar-refractivity contribution is 0.764. The van der Waals surface area contributed by atoms with Crippen molar-refractivity contribution in [2.24, 2.45) is 5.73 Å². The van der Waals surface area contributed by atoms with Gasteiger partial charge in [-0.15, -0.1) is 11.8 Å². The van der Waals surface area contributed by atoms with E-state index in [9.17, 15) is 0 Å². The van der Waals surface area contributed by atoms with Crippen LogP contribution in [0, 0.1) is 6.92 Å². The van der Waals surface area contributed by atoms with E-state index in [0.29, 0.717) is 0 Å². The second kappa shape index (κ2) is 5.29. The van der Waals surface area contributed by atoms with Crippen molar-refractivity contribution in [1.82, 2.24) is 9.97 Å². The van der Waals surface area contributed by atoms with E-state index in [0.717, 1.165) is 30.0 Å². The van der Waals surface area contributed by atoms with Crippen molar-refractivity contribution < 1.29 is 0 Å². The van der Waals surface area contributed by atoms with Crippen LogP contribution in [0.5, 0.6) is 0 Å². The summed E-state index contributed by atoms with van der Waals surface area (Å²) in [7, 11) is 0. The standard InChI is InChI=1S/C9H17N3S/c1-3-4-9(10)13-5-8-7(2)11-6-12-8/h6,9H,3-5,10H2,1-2H3,(H,11,12). The first-order valence-electron chi connectivity index (χ1n) is 4.60. The van der Waals surface area contributed by atoms with Crippen LogP contribution >= 0.6 is 11.8 Å². The summed E-state index contributed by atoms with van der Waals surface area (Å²) in [4.78, 5) is 7.28. The predicted molar refractivity (Wildman–Crippen MR) is 57.5 cm³/mol. The van der Waals surface area contributed by atoms with Gasteiger partial charge in [-0.25, -0.2) is 4.98 Å². The topological polar surface area (TPSA) is 54.7 Å². The Morgan fingerprint density at radius 1 is 1.69 bits per heavy atom. The molecule has 0 amide bonds. The van der Waals surface area contributed by atoms with Crippen LogP contribution in [0.1, 0.15) is 31.2 Å². The Hall–Kier alpha value is -0.480. The second-order valence-corrected chi connectivity index (χ2v) is 4.34. The zero-order valence-electron chi connectivity index (χ0n) is 8.21. The number of aromatic nitrogens is 2. The summed E-state index contributed by atoms with van der Waals surface area (Å²) in [5, 5.41) is 0.251. The average molecular weight is 199 g/mol. The van der Waals surface area contributed by atoms with Gasteiger partial charge in [0.15, 0.2) is 0 Å². The molecule has 74 valence electrons. The van der Waals surface area contributed by atoms with Gasteiger partial charge in [0.25, 0.3) is 0 Å². The molecule has 1 atom stereocenters. The van der Waals surface area contributed by atoms with Gasteiger partial charge in [0.1, 0.15) is 0 Å². The molecule has 0 spiro atoms. The highest BCUT2D eigenvalue weighted by Gasteiger charge is 2.05. The van der Waals surface area contributed by atoms with Gasteiger partial charge >= 0.3 is 0 Å². The zero-order chi connectivity index (χ0) is 9.68. The fourth-order valence-corrected chi connectivity index (χ4v) is 2.15. The second-order valence-electron chi connectivity index (χ2n) is 3.11. The van der Waals surface area contributed by atoms with Crippen LogP contribution < -0.4 is 5.73 Å². The number of aryl methyl sites for hydroxylation is 1. The lowest BCUT2D eigenvalue weighted by atomic mass is 10.3. The summed E-state index contributed by atoms with van der Waals surface area (Å²) in [5.74, 6) is 0.913. The molecule has 0 aromatic carbocycles. The molecular weight excluding hydrogens is 182 g/mol. The Labute approximate surface area is 83.5 Å². The van der Waals surface area contributed by atoms with E-state index in [1.165, 1.54) is 0 Å². The number of nitrogens with two attached hydrogens (primary N) is 1. The minimum absolute atomic E-state index is 0.251. The molecule has 0 saturated heterocycles. The number of nitrogens with one attached hydrogen (secondary N) is 1. The van der Waals surface area contributed by atoms with Gasteiger partial charge in [-0.1, -0.05) is 13.3 Å². The lowest BCUT2D eigenvalue weighted by Gasteiger charge is -2.08. The fraction of sp³-hybridized carbons (Fsp3) is 0.667. The number of rotatable bonds is 5. The quantitative estimate of drug-likeness (QED) is 0.713. The van der Waals surface area contributed by atoms with Crippen molar-refractivity contribution in [3.8, 4) is 0 Å². The summed E-state index contributed by atoms with van der Waals surface area (Å²) in [6.45, 7) is 4.19. The lowest BCUT2D eigenvalue weighted by Crippen LogP contribution is -2.14. The molecule has 0 aliphatic heterocycles. The van der Waals surface area contributed by atoms with E-state index in [4.69, 9.17) is 5.73 Å². The molecule has 3 N–H and O–H groups in total. The van der Waals surface area contributed by atoms with Gasteiger partial charge in [0.2, 0.25) is 0 Å². The number of imidazole rings is 1. The molecule has 0 aliphatic rings. The number of nitrogens with zero attached hydrogens (tertiary/aromatic N) is 1. The maximum Gasteiger partial charge on any atom is 0.0925 e. The Bertz CT molecular complexity index is 247. The first kappa shape index (κ1) is 10.6. The van der Waals surface area contributed by atoms with E-state index in [-0.39, 0.29) is 5.37 Å². The minimum atomic E-state index is 0.251. The number of aromatic amines is 1. The molecular formula is C9H17N3S. The third-order valence-electron chi connectivity index (χ3n) is 1.94. The maximum atomic E-state index is 5.88. The van der Waals surface area contributed by atoms with Crippen molar-refractivity contribution in [2.75, 3.05) is 0 Å². The number of hydrogen-bond acceptors (Lipinski definition) is 3. The molecule has 0 bridgehead atoms. The highest BCUT2D eigenvalue weighted by atomic mass is 32.2. The molecule has 13 heavy (non-hydrogen) atoms. The molecule has 1 aromatic rings. The van der Waals surface area contributed by atoms with Crippen LogP contribution in [0.3, 0.4) is 0 Å². The van der Waals surface area contributed by atoms with Crippen LogP contribution in [0.15, 0.2) is 6.33 Å². The SMILES string of the molecule is CCCC(N)SCc1nc[nH]c1C. The highest BCUT2D eigenvalue weighted by molar-refractivity contribution is 7.99. The monoisotopic (exact) mass is 199 g/mol. The Kier molecular flexibility index (Phi) is 4.32. The summed E-state index contributed by atoms with van der Waals surface area (Å²) < 4.78 is 0. The van der Waals surface area contributed by atoms with Crippen molar-refractivity contribution in [3.05, 3.63) is 17.7 Å². The normalized spacial score (nSPS) is 13.2. The molecule has 1 aromatic heterocycles. The molecule has 3 nitrogen and oxygen atoms in total. The van der Waals surface area contributed by atoms with Crippen molar-refractivity contribution >= 4 is 11.8 Å². The molecule has 0 aliphatic carbocycles. The molecule has 1 rings (SSSR count). The minimum Gasteiger partial charge on any atom is -0.348 e. The van der Waals surface area contributed by atoms with E-state index in [2.05, 4.69) is 16.9 Å². The van der Waals surface area contributed by atoms with Gasteiger partial charge in [0.05, 0.1) is 17.4 Å². The van der Waals surface area contributed by atoms with E-state index < -0.39 is 0 Å². The third-order valence-corrected chi connectivity index (χ3v) is 3.05. The van der Waals surface area contributed by atoms with Crippen LogP contribution in [0.25, 0.3) is 0 Å². The van der Waals surface area contributed by atoms with Crippen molar-refractivity contribution in [1.29, 1.82) is 0 Å². The molecule has 1 unspecified atom stereocenters. The summed E-state index contributed by atoms with van der Waals surface area (Å²) in [6, 6.07) is 0. The molecule has 0 fully saturated rings. The Morgan fingerprint density at radius 3 is 3.00 bits per heavy atom. The van der Waals surface area contributed by atoms with Crippen LogP contribution in [0.4, 0.5) is 0 Å². The highest BCUT2D eigenvalue weighted by Crippen LogP contribution is 2.17. The van der Waals surface area contributed by atoms with Gasteiger partial charge in [-0.05, 0) is 13.3 Å². The van der Waals surface area contributed by atoms with Gasteiger partial charge < -0.3 is 10.7 Å². The first-order chi connectivity index (χ1) is 6.24. The zero-order valence-corrected chi connectivity index (χ0v) is 9.03. The van der Waals surface area contributed by atoms with Gasteiger partial charge in [-0.3, -0.25) is 0 Å².